The number of aliphatic carboxylic acids is 1. The molecule has 0 saturated heterocycles. The predicted molar refractivity (Wildman–Crippen MR) is 65.6 cm³/mol. The molecular formula is C12H14O4S. The summed E-state index contributed by atoms with van der Waals surface area (Å²) in [7, 11) is 0. The lowest BCUT2D eigenvalue weighted by atomic mass is 10.0. The maximum Gasteiger partial charge on any atom is 0.338 e. The second kappa shape index (κ2) is 6.30. The minimum Gasteiger partial charge on any atom is -0.481 e. The van der Waals surface area contributed by atoms with Gasteiger partial charge in [0, 0.05) is 11.3 Å². The number of thiol groups is 1. The molecule has 0 spiro atoms. The molecule has 1 aromatic carbocycles. The molecule has 4 nitrogen and oxygen atoms in total. The van der Waals surface area contributed by atoms with Crippen molar-refractivity contribution in [3.05, 3.63) is 29.3 Å². The molecule has 0 amide bonds. The molecule has 0 unspecified atom stereocenters. The Balaban J connectivity index is 2.99. The Morgan fingerprint density at radius 3 is 2.71 bits per heavy atom. The molecular weight excluding hydrogens is 240 g/mol. The van der Waals surface area contributed by atoms with E-state index in [-0.39, 0.29) is 19.4 Å². The van der Waals surface area contributed by atoms with Crippen LogP contribution in [0.4, 0.5) is 0 Å². The number of hydrogen-bond donors (Lipinski definition) is 2. The van der Waals surface area contributed by atoms with Crippen molar-refractivity contribution in [2.24, 2.45) is 0 Å². The van der Waals surface area contributed by atoms with E-state index in [4.69, 9.17) is 9.84 Å². The molecule has 0 aliphatic heterocycles. The first-order valence-electron chi connectivity index (χ1n) is 5.26. The number of esters is 1. The highest BCUT2D eigenvalue weighted by atomic mass is 32.1. The molecule has 0 bridgehead atoms. The van der Waals surface area contributed by atoms with Gasteiger partial charge in [-0.3, -0.25) is 4.79 Å². The van der Waals surface area contributed by atoms with Crippen molar-refractivity contribution in [3.8, 4) is 0 Å². The van der Waals surface area contributed by atoms with Gasteiger partial charge in [0.25, 0.3) is 0 Å². The zero-order valence-corrected chi connectivity index (χ0v) is 10.4. The highest BCUT2D eigenvalue weighted by Gasteiger charge is 2.15. The van der Waals surface area contributed by atoms with Crippen LogP contribution in [0.25, 0.3) is 0 Å². The lowest BCUT2D eigenvalue weighted by Crippen LogP contribution is -2.10. The topological polar surface area (TPSA) is 63.6 Å². The van der Waals surface area contributed by atoms with Gasteiger partial charge in [-0.25, -0.2) is 4.79 Å². The van der Waals surface area contributed by atoms with Gasteiger partial charge >= 0.3 is 11.9 Å². The Hall–Kier alpha value is -1.49. The van der Waals surface area contributed by atoms with Crippen LogP contribution in [0.1, 0.15) is 29.3 Å². The predicted octanol–water partition coefficient (Wildman–Crippen LogP) is 2.17. The van der Waals surface area contributed by atoms with Gasteiger partial charge in [0.2, 0.25) is 0 Å². The number of hydrogen-bond acceptors (Lipinski definition) is 4. The fourth-order valence-corrected chi connectivity index (χ4v) is 1.79. The van der Waals surface area contributed by atoms with Crippen LogP contribution in [0.5, 0.6) is 0 Å². The van der Waals surface area contributed by atoms with Gasteiger partial charge in [-0.2, -0.15) is 0 Å². The zero-order chi connectivity index (χ0) is 12.8. The van der Waals surface area contributed by atoms with Crippen LogP contribution in [0.3, 0.4) is 0 Å². The summed E-state index contributed by atoms with van der Waals surface area (Å²) in [6, 6.07) is 5.04. The summed E-state index contributed by atoms with van der Waals surface area (Å²) in [5.74, 6) is -1.35. The number of carboxylic acids is 1. The summed E-state index contributed by atoms with van der Waals surface area (Å²) < 4.78 is 4.91. The molecule has 1 N–H and O–H groups in total. The molecule has 0 radical (unpaired) electrons. The SMILES string of the molecule is CCOC(=O)c1cccc(S)c1CCC(=O)O. The Morgan fingerprint density at radius 2 is 2.12 bits per heavy atom. The van der Waals surface area contributed by atoms with Crippen LogP contribution in [-0.2, 0) is 16.0 Å². The van der Waals surface area contributed by atoms with E-state index in [1.165, 1.54) is 0 Å². The van der Waals surface area contributed by atoms with Gasteiger partial charge in [0.05, 0.1) is 12.2 Å². The van der Waals surface area contributed by atoms with E-state index in [1.54, 1.807) is 25.1 Å². The quantitative estimate of drug-likeness (QED) is 0.624. The summed E-state index contributed by atoms with van der Waals surface area (Å²) in [6.45, 7) is 2.01. The molecule has 0 fully saturated rings. The highest BCUT2D eigenvalue weighted by Crippen LogP contribution is 2.21. The van der Waals surface area contributed by atoms with Crippen LogP contribution in [0.15, 0.2) is 23.1 Å². The van der Waals surface area contributed by atoms with E-state index in [1.807, 2.05) is 0 Å². The van der Waals surface area contributed by atoms with Gasteiger partial charge in [0.1, 0.15) is 0 Å². The van der Waals surface area contributed by atoms with Gasteiger partial charge in [-0.05, 0) is 31.0 Å². The Bertz CT molecular complexity index is 429. The smallest absolute Gasteiger partial charge is 0.338 e. The van der Waals surface area contributed by atoms with Gasteiger partial charge < -0.3 is 9.84 Å². The van der Waals surface area contributed by atoms with E-state index in [0.29, 0.717) is 16.0 Å². The van der Waals surface area contributed by atoms with Crippen molar-refractivity contribution in [2.75, 3.05) is 6.61 Å². The zero-order valence-electron chi connectivity index (χ0n) is 9.47. The first-order valence-corrected chi connectivity index (χ1v) is 5.70. The highest BCUT2D eigenvalue weighted by molar-refractivity contribution is 7.80. The average Bonchev–Trinajstić information content (AvgIpc) is 2.27. The van der Waals surface area contributed by atoms with Crippen LogP contribution in [-0.4, -0.2) is 23.7 Å². The molecule has 0 saturated carbocycles. The molecule has 0 aromatic heterocycles. The molecule has 5 heteroatoms. The monoisotopic (exact) mass is 254 g/mol. The molecule has 0 atom stereocenters. The van der Waals surface area contributed by atoms with Crippen LogP contribution < -0.4 is 0 Å². The third-order valence-corrected chi connectivity index (χ3v) is 2.65. The molecule has 1 rings (SSSR count). The van der Waals surface area contributed by atoms with E-state index in [0.717, 1.165) is 0 Å². The lowest BCUT2D eigenvalue weighted by molar-refractivity contribution is -0.136. The van der Waals surface area contributed by atoms with Crippen molar-refractivity contribution in [2.45, 2.75) is 24.7 Å². The summed E-state index contributed by atoms with van der Waals surface area (Å²) in [5.41, 5.74) is 1.01. The summed E-state index contributed by atoms with van der Waals surface area (Å²) in [5, 5.41) is 8.66. The molecule has 0 heterocycles. The van der Waals surface area contributed by atoms with Gasteiger partial charge in [-0.1, -0.05) is 6.07 Å². The largest absolute Gasteiger partial charge is 0.481 e. The molecule has 1 aromatic rings. The van der Waals surface area contributed by atoms with Gasteiger partial charge in [0.15, 0.2) is 0 Å². The Morgan fingerprint density at radius 1 is 1.41 bits per heavy atom. The Kier molecular flexibility index (Phi) is 5.03. The fourth-order valence-electron chi connectivity index (χ4n) is 1.47. The van der Waals surface area contributed by atoms with Crippen molar-refractivity contribution < 1.29 is 19.4 Å². The third-order valence-electron chi connectivity index (χ3n) is 2.24. The number of ether oxygens (including phenoxy) is 1. The molecule has 92 valence electrons. The summed E-state index contributed by atoms with van der Waals surface area (Å²) in [6.07, 6.45) is 0.229. The maximum absolute atomic E-state index is 11.7. The second-order valence-corrected chi connectivity index (χ2v) is 3.90. The van der Waals surface area contributed by atoms with Crippen LogP contribution in [0.2, 0.25) is 0 Å². The normalized spacial score (nSPS) is 10.0. The van der Waals surface area contributed by atoms with E-state index in [9.17, 15) is 9.59 Å². The minimum absolute atomic E-state index is 0.0377. The maximum atomic E-state index is 11.7. The van der Waals surface area contributed by atoms with Crippen molar-refractivity contribution in [3.63, 3.8) is 0 Å². The number of carboxylic acid groups (broad SMARTS) is 1. The minimum atomic E-state index is -0.906. The van der Waals surface area contributed by atoms with E-state index in [2.05, 4.69) is 12.6 Å². The first kappa shape index (κ1) is 13.6. The Labute approximate surface area is 105 Å². The van der Waals surface area contributed by atoms with Gasteiger partial charge in [-0.15, -0.1) is 12.6 Å². The number of benzene rings is 1. The first-order chi connectivity index (χ1) is 8.06. The standard InChI is InChI=1S/C12H14O4S/c1-2-16-12(15)9-4-3-5-10(17)8(9)6-7-11(13)14/h3-5,17H,2,6-7H2,1H3,(H,13,14). The second-order valence-electron chi connectivity index (χ2n) is 3.42. The molecule has 17 heavy (non-hydrogen) atoms. The fraction of sp³-hybridized carbons (Fsp3) is 0.333. The summed E-state index contributed by atoms with van der Waals surface area (Å²) >= 11 is 4.23. The number of carbonyl (C=O) groups is 2. The molecule has 0 aliphatic carbocycles. The summed E-state index contributed by atoms with van der Waals surface area (Å²) in [4.78, 5) is 22.8. The average molecular weight is 254 g/mol. The van der Waals surface area contributed by atoms with Crippen molar-refractivity contribution in [1.82, 2.24) is 0 Å². The number of rotatable bonds is 5. The third kappa shape index (κ3) is 3.78. The van der Waals surface area contributed by atoms with Crippen molar-refractivity contribution in [1.29, 1.82) is 0 Å². The van der Waals surface area contributed by atoms with Crippen molar-refractivity contribution >= 4 is 24.6 Å². The van der Waals surface area contributed by atoms with Crippen LogP contribution >= 0.6 is 12.6 Å². The number of carbonyl (C=O) groups excluding carboxylic acids is 1. The lowest BCUT2D eigenvalue weighted by Gasteiger charge is -2.10. The molecule has 0 aliphatic rings. The van der Waals surface area contributed by atoms with E-state index < -0.39 is 11.9 Å². The van der Waals surface area contributed by atoms with Crippen LogP contribution in [0, 0.1) is 0 Å². The van der Waals surface area contributed by atoms with E-state index >= 15 is 0 Å².